The summed E-state index contributed by atoms with van der Waals surface area (Å²) in [6.45, 7) is 3.62. The summed E-state index contributed by atoms with van der Waals surface area (Å²) in [6.07, 6.45) is 1.50. The highest BCUT2D eigenvalue weighted by Crippen LogP contribution is 2.35. The summed E-state index contributed by atoms with van der Waals surface area (Å²) in [4.78, 5) is 10.1. The Morgan fingerprint density at radius 3 is 1.94 bits per heavy atom. The molecular formula is C27H20F2N6. The summed E-state index contributed by atoms with van der Waals surface area (Å²) in [5.74, 6) is -0.917. The first-order valence-corrected chi connectivity index (χ1v) is 10.8. The molecule has 1 aromatic heterocycles. The van der Waals surface area contributed by atoms with E-state index in [9.17, 15) is 0 Å². The van der Waals surface area contributed by atoms with Crippen molar-refractivity contribution in [3.05, 3.63) is 95.7 Å². The predicted octanol–water partition coefficient (Wildman–Crippen LogP) is 6.46. The van der Waals surface area contributed by atoms with Crippen LogP contribution in [0.25, 0.3) is 11.1 Å². The van der Waals surface area contributed by atoms with Crippen LogP contribution in [-0.4, -0.2) is 16.0 Å². The van der Waals surface area contributed by atoms with E-state index in [1.165, 1.54) is 23.2 Å². The lowest BCUT2D eigenvalue weighted by Gasteiger charge is -2.29. The van der Waals surface area contributed by atoms with Gasteiger partial charge in [-0.15, -0.1) is 0 Å². The number of rotatable bonds is 6. The van der Waals surface area contributed by atoms with Crippen LogP contribution in [0.15, 0.2) is 72.9 Å². The van der Waals surface area contributed by atoms with E-state index in [0.29, 0.717) is 33.8 Å². The molecule has 1 N–H and O–H groups in total. The molecule has 0 amide bonds. The highest BCUT2D eigenvalue weighted by atomic mass is 19.1. The zero-order valence-corrected chi connectivity index (χ0v) is 19.0. The van der Waals surface area contributed by atoms with Gasteiger partial charge in [-0.05, 0) is 79.6 Å². The van der Waals surface area contributed by atoms with Crippen molar-refractivity contribution in [3.63, 3.8) is 0 Å². The molecule has 4 rings (SSSR count). The second-order valence-corrected chi connectivity index (χ2v) is 7.99. The van der Waals surface area contributed by atoms with E-state index in [1.54, 1.807) is 54.6 Å². The van der Waals surface area contributed by atoms with Crippen LogP contribution in [0.3, 0.4) is 0 Å². The molecule has 0 fully saturated rings. The number of halogens is 2. The molecular weight excluding hydrogens is 446 g/mol. The van der Waals surface area contributed by atoms with Crippen LogP contribution in [0.4, 0.5) is 31.9 Å². The Morgan fingerprint density at radius 1 is 0.829 bits per heavy atom. The van der Waals surface area contributed by atoms with Gasteiger partial charge in [-0.1, -0.05) is 12.1 Å². The number of benzene rings is 3. The van der Waals surface area contributed by atoms with Crippen molar-refractivity contribution in [2.45, 2.75) is 19.9 Å². The summed E-state index contributed by atoms with van der Waals surface area (Å²) in [7, 11) is 0. The molecule has 0 bridgehead atoms. The summed E-state index contributed by atoms with van der Waals surface area (Å²) < 4.78 is 30.7. The topological polar surface area (TPSA) is 88.6 Å². The molecule has 0 aliphatic carbocycles. The lowest BCUT2D eigenvalue weighted by molar-refractivity contribution is 0.572. The van der Waals surface area contributed by atoms with Crippen LogP contribution in [0, 0.1) is 34.3 Å². The van der Waals surface area contributed by atoms with E-state index < -0.39 is 11.6 Å². The molecule has 35 heavy (non-hydrogen) atoms. The Bertz CT molecular complexity index is 1410. The van der Waals surface area contributed by atoms with Crippen molar-refractivity contribution < 1.29 is 8.78 Å². The summed E-state index contributed by atoms with van der Waals surface area (Å²) in [6, 6.07) is 21.1. The van der Waals surface area contributed by atoms with Gasteiger partial charge >= 0.3 is 0 Å². The van der Waals surface area contributed by atoms with Gasteiger partial charge in [0, 0.05) is 17.9 Å². The molecule has 4 aromatic rings. The molecule has 1 heterocycles. The summed E-state index contributed by atoms with van der Waals surface area (Å²) >= 11 is 0. The Hall–Kier alpha value is -4.82. The molecule has 8 heteroatoms. The van der Waals surface area contributed by atoms with Crippen LogP contribution in [0.5, 0.6) is 0 Å². The number of nitriles is 2. The summed E-state index contributed by atoms with van der Waals surface area (Å²) in [5, 5.41) is 21.0. The van der Waals surface area contributed by atoms with Crippen molar-refractivity contribution in [3.8, 4) is 23.3 Å². The first-order valence-electron chi connectivity index (χ1n) is 10.8. The number of nitrogens with one attached hydrogen (secondary N) is 1. The lowest BCUT2D eigenvalue weighted by atomic mass is 10.0. The maximum absolute atomic E-state index is 15.3. The maximum Gasteiger partial charge on any atom is 0.229 e. The average Bonchev–Trinajstić information content (AvgIpc) is 2.86. The fraction of sp³-hybridized carbons (Fsp3) is 0.111. The lowest BCUT2D eigenvalue weighted by Crippen LogP contribution is -2.28. The Kier molecular flexibility index (Phi) is 6.66. The second kappa shape index (κ2) is 9.98. The van der Waals surface area contributed by atoms with E-state index in [0.717, 1.165) is 0 Å². The van der Waals surface area contributed by atoms with Crippen LogP contribution >= 0.6 is 0 Å². The van der Waals surface area contributed by atoms with E-state index in [2.05, 4.69) is 21.4 Å². The molecule has 0 aliphatic heterocycles. The van der Waals surface area contributed by atoms with Crippen LogP contribution < -0.4 is 10.2 Å². The highest BCUT2D eigenvalue weighted by Gasteiger charge is 2.24. The molecule has 0 spiro atoms. The quantitative estimate of drug-likeness (QED) is 0.351. The van der Waals surface area contributed by atoms with Gasteiger partial charge in [0.2, 0.25) is 5.95 Å². The smallest absolute Gasteiger partial charge is 0.229 e. The molecule has 6 nitrogen and oxygen atoms in total. The fourth-order valence-corrected chi connectivity index (χ4v) is 3.64. The Morgan fingerprint density at radius 2 is 1.40 bits per heavy atom. The third-order valence-electron chi connectivity index (χ3n) is 5.28. The third-order valence-corrected chi connectivity index (χ3v) is 5.28. The molecule has 0 atom stereocenters. The van der Waals surface area contributed by atoms with Crippen LogP contribution in [0.1, 0.15) is 25.0 Å². The number of aromatic nitrogens is 2. The molecule has 0 saturated carbocycles. The normalized spacial score (nSPS) is 10.5. The largest absolute Gasteiger partial charge is 0.324 e. The molecule has 172 valence electrons. The van der Waals surface area contributed by atoms with Gasteiger partial charge in [0.1, 0.15) is 11.5 Å². The zero-order chi connectivity index (χ0) is 24.9. The number of hydrogen-bond acceptors (Lipinski definition) is 6. The molecule has 0 radical (unpaired) electrons. The van der Waals surface area contributed by atoms with Crippen molar-refractivity contribution >= 4 is 23.1 Å². The van der Waals surface area contributed by atoms with Gasteiger partial charge in [0.05, 0.1) is 23.3 Å². The minimum absolute atomic E-state index is 0.222. The molecule has 0 aliphatic rings. The van der Waals surface area contributed by atoms with Gasteiger partial charge in [-0.3, -0.25) is 0 Å². The number of anilines is 4. The van der Waals surface area contributed by atoms with Gasteiger partial charge in [-0.2, -0.15) is 15.5 Å². The molecule has 0 unspecified atom stereocenters. The number of nitrogens with zero attached hydrogens (tertiary/aromatic N) is 5. The fourth-order valence-electron chi connectivity index (χ4n) is 3.64. The number of hydrogen-bond donors (Lipinski definition) is 1. The van der Waals surface area contributed by atoms with Crippen molar-refractivity contribution in [1.29, 1.82) is 10.5 Å². The van der Waals surface area contributed by atoms with Crippen molar-refractivity contribution in [2.75, 3.05) is 10.2 Å². The molecule has 3 aromatic carbocycles. The minimum Gasteiger partial charge on any atom is -0.324 e. The molecule has 0 saturated heterocycles. The van der Waals surface area contributed by atoms with Crippen LogP contribution in [-0.2, 0) is 0 Å². The second-order valence-electron chi connectivity index (χ2n) is 7.99. The Balaban J connectivity index is 1.68. The van der Waals surface area contributed by atoms with E-state index in [4.69, 9.17) is 10.5 Å². The van der Waals surface area contributed by atoms with Gasteiger partial charge in [0.15, 0.2) is 11.6 Å². The van der Waals surface area contributed by atoms with Gasteiger partial charge in [-0.25, -0.2) is 13.8 Å². The van der Waals surface area contributed by atoms with Gasteiger partial charge in [0.25, 0.3) is 0 Å². The van der Waals surface area contributed by atoms with Gasteiger partial charge < -0.3 is 10.2 Å². The summed E-state index contributed by atoms with van der Waals surface area (Å²) in [5.41, 5.74) is 2.39. The monoisotopic (exact) mass is 466 g/mol. The van der Waals surface area contributed by atoms with E-state index in [-0.39, 0.29) is 17.7 Å². The predicted molar refractivity (Wildman–Crippen MR) is 130 cm³/mol. The van der Waals surface area contributed by atoms with Crippen LogP contribution in [0.2, 0.25) is 0 Å². The zero-order valence-electron chi connectivity index (χ0n) is 19.0. The average molecular weight is 466 g/mol. The highest BCUT2D eigenvalue weighted by molar-refractivity contribution is 5.71. The SMILES string of the molecule is CC(C)N(c1ccnc(Nc2ccc(C#N)cc2)n1)c1c(F)cc(-c2ccc(C#N)cc2)cc1F. The third kappa shape index (κ3) is 5.07. The first kappa shape index (κ1) is 23.3. The maximum atomic E-state index is 15.3. The van der Waals surface area contributed by atoms with Crippen molar-refractivity contribution in [2.24, 2.45) is 0 Å². The first-order chi connectivity index (χ1) is 16.9. The van der Waals surface area contributed by atoms with E-state index in [1.807, 2.05) is 19.9 Å². The Labute approximate surface area is 201 Å². The standard InChI is InChI=1S/C27H20F2N6/c1-17(2)35(25-11-12-32-27(34-25)33-22-9-5-19(16-31)6-10-22)26-23(28)13-21(14-24(26)29)20-7-3-18(15-30)4-8-20/h3-14,17H,1-2H3,(H,32,33,34). The van der Waals surface area contributed by atoms with Crippen molar-refractivity contribution in [1.82, 2.24) is 9.97 Å². The minimum atomic E-state index is -0.738. The van der Waals surface area contributed by atoms with E-state index >= 15 is 8.78 Å².